The number of nitrogens with zero attached hydrogens (tertiary/aromatic N) is 1. The van der Waals surface area contributed by atoms with Gasteiger partial charge < -0.3 is 20.5 Å². The third-order valence-corrected chi connectivity index (χ3v) is 4.05. The summed E-state index contributed by atoms with van der Waals surface area (Å²) in [6.45, 7) is 3.01. The Bertz CT molecular complexity index is 508. The standard InChI is InChI=1S/C16H24FN3O2.HI/c1-21-10-7-19-15(18)20-12-16(5-8-22-9-6-16)13-3-2-4-14(17)11-13;/h2-4,11H,5-10,12H2,1H3,(H3,18,19,20);1H. The Morgan fingerprint density at radius 2 is 2.17 bits per heavy atom. The number of nitrogens with two attached hydrogens (primary N) is 1. The van der Waals surface area contributed by atoms with Gasteiger partial charge >= 0.3 is 0 Å². The Hall–Kier alpha value is -0.930. The van der Waals surface area contributed by atoms with Crippen LogP contribution in [0, 0.1) is 5.82 Å². The van der Waals surface area contributed by atoms with Crippen molar-refractivity contribution in [3.8, 4) is 0 Å². The number of rotatable bonds is 6. The summed E-state index contributed by atoms with van der Waals surface area (Å²) in [4.78, 5) is 4.45. The Morgan fingerprint density at radius 3 is 2.83 bits per heavy atom. The number of nitrogens with one attached hydrogen (secondary N) is 1. The van der Waals surface area contributed by atoms with Gasteiger partial charge in [0.1, 0.15) is 5.82 Å². The molecular formula is C16H25FIN3O2. The first-order valence-electron chi connectivity index (χ1n) is 7.53. The lowest BCUT2D eigenvalue weighted by Crippen LogP contribution is -2.40. The summed E-state index contributed by atoms with van der Waals surface area (Å²) >= 11 is 0. The molecule has 3 N–H and O–H groups in total. The molecule has 1 fully saturated rings. The van der Waals surface area contributed by atoms with Crippen LogP contribution in [0.5, 0.6) is 0 Å². The van der Waals surface area contributed by atoms with Crippen LogP contribution in [0.3, 0.4) is 0 Å². The van der Waals surface area contributed by atoms with Crippen LogP contribution in [0.4, 0.5) is 4.39 Å². The van der Waals surface area contributed by atoms with Crippen molar-refractivity contribution < 1.29 is 13.9 Å². The van der Waals surface area contributed by atoms with E-state index in [1.807, 2.05) is 6.07 Å². The number of halogens is 2. The number of ether oxygens (including phenoxy) is 2. The first-order valence-corrected chi connectivity index (χ1v) is 7.53. The van der Waals surface area contributed by atoms with E-state index in [9.17, 15) is 4.39 Å². The van der Waals surface area contributed by atoms with E-state index in [2.05, 4.69) is 10.3 Å². The van der Waals surface area contributed by atoms with Gasteiger partial charge in [-0.2, -0.15) is 0 Å². The first-order chi connectivity index (χ1) is 10.7. The Kier molecular flexibility index (Phi) is 8.78. The minimum Gasteiger partial charge on any atom is -0.383 e. The number of guanidine groups is 1. The van der Waals surface area contributed by atoms with Gasteiger partial charge in [0.2, 0.25) is 0 Å². The van der Waals surface area contributed by atoms with Crippen molar-refractivity contribution in [1.29, 1.82) is 0 Å². The van der Waals surface area contributed by atoms with Crippen molar-refractivity contribution in [3.05, 3.63) is 35.6 Å². The molecule has 0 spiro atoms. The summed E-state index contributed by atoms with van der Waals surface area (Å²) in [5, 5.41) is 3.00. The summed E-state index contributed by atoms with van der Waals surface area (Å²) in [6, 6.07) is 6.75. The highest BCUT2D eigenvalue weighted by atomic mass is 127. The molecule has 23 heavy (non-hydrogen) atoms. The minimum atomic E-state index is -0.224. The van der Waals surface area contributed by atoms with E-state index in [1.54, 1.807) is 19.2 Å². The van der Waals surface area contributed by atoms with Crippen molar-refractivity contribution in [1.82, 2.24) is 5.32 Å². The van der Waals surface area contributed by atoms with Gasteiger partial charge in [-0.3, -0.25) is 4.99 Å². The van der Waals surface area contributed by atoms with E-state index >= 15 is 0 Å². The Morgan fingerprint density at radius 1 is 1.43 bits per heavy atom. The predicted octanol–water partition coefficient (Wildman–Crippen LogP) is 2.04. The molecule has 0 atom stereocenters. The van der Waals surface area contributed by atoms with E-state index in [4.69, 9.17) is 15.2 Å². The fraction of sp³-hybridized carbons (Fsp3) is 0.562. The fourth-order valence-electron chi connectivity index (χ4n) is 2.69. The summed E-state index contributed by atoms with van der Waals surface area (Å²) < 4.78 is 24.0. The molecule has 1 saturated heterocycles. The van der Waals surface area contributed by atoms with Crippen molar-refractivity contribution >= 4 is 29.9 Å². The smallest absolute Gasteiger partial charge is 0.188 e. The van der Waals surface area contributed by atoms with E-state index < -0.39 is 0 Å². The van der Waals surface area contributed by atoms with Crippen LogP contribution in [-0.4, -0.2) is 46.0 Å². The molecular weight excluding hydrogens is 412 g/mol. The molecule has 0 radical (unpaired) electrons. The Labute approximate surface area is 153 Å². The molecule has 1 aliphatic heterocycles. The molecule has 0 aliphatic carbocycles. The quantitative estimate of drug-likeness (QED) is 0.310. The van der Waals surface area contributed by atoms with Crippen LogP contribution in [0.25, 0.3) is 0 Å². The lowest BCUT2D eigenvalue weighted by molar-refractivity contribution is 0.0530. The van der Waals surface area contributed by atoms with Crippen molar-refractivity contribution in [2.24, 2.45) is 10.7 Å². The number of hydrogen-bond acceptors (Lipinski definition) is 3. The lowest BCUT2D eigenvalue weighted by atomic mass is 9.74. The first kappa shape index (κ1) is 20.1. The zero-order chi connectivity index (χ0) is 15.8. The van der Waals surface area contributed by atoms with Crippen molar-refractivity contribution in [2.75, 3.05) is 40.0 Å². The maximum atomic E-state index is 13.6. The second-order valence-electron chi connectivity index (χ2n) is 5.52. The second-order valence-corrected chi connectivity index (χ2v) is 5.52. The van der Waals surface area contributed by atoms with Gasteiger partial charge in [-0.25, -0.2) is 4.39 Å². The third-order valence-electron chi connectivity index (χ3n) is 4.05. The summed E-state index contributed by atoms with van der Waals surface area (Å²) in [5.41, 5.74) is 6.62. The van der Waals surface area contributed by atoms with E-state index in [-0.39, 0.29) is 35.2 Å². The highest BCUT2D eigenvalue weighted by Gasteiger charge is 2.34. The Balaban J connectivity index is 0.00000264. The zero-order valence-electron chi connectivity index (χ0n) is 13.4. The maximum Gasteiger partial charge on any atom is 0.188 e. The average Bonchev–Trinajstić information content (AvgIpc) is 2.54. The largest absolute Gasteiger partial charge is 0.383 e. The molecule has 2 rings (SSSR count). The van der Waals surface area contributed by atoms with Crippen LogP contribution < -0.4 is 11.1 Å². The normalized spacial score (nSPS) is 17.4. The molecule has 0 aromatic heterocycles. The third kappa shape index (κ3) is 5.89. The molecule has 1 aliphatic rings. The van der Waals surface area contributed by atoms with Crippen molar-refractivity contribution in [3.63, 3.8) is 0 Å². The molecule has 1 aromatic rings. The summed E-state index contributed by atoms with van der Waals surface area (Å²) in [6.07, 6.45) is 1.62. The second kappa shape index (κ2) is 10.0. The van der Waals surface area contributed by atoms with E-state index in [0.29, 0.717) is 38.9 Å². The molecule has 130 valence electrons. The SMILES string of the molecule is COCCNC(N)=NCC1(c2cccc(F)c2)CCOCC1.I. The molecule has 1 heterocycles. The molecule has 0 bridgehead atoms. The number of methoxy groups -OCH3 is 1. The van der Waals surface area contributed by atoms with Gasteiger partial charge in [0.15, 0.2) is 5.96 Å². The predicted molar refractivity (Wildman–Crippen MR) is 99.9 cm³/mol. The topological polar surface area (TPSA) is 68.9 Å². The van der Waals surface area contributed by atoms with Crippen LogP contribution in [0.1, 0.15) is 18.4 Å². The molecule has 1 aromatic carbocycles. The molecule has 7 heteroatoms. The van der Waals surface area contributed by atoms with Gasteiger partial charge in [-0.1, -0.05) is 12.1 Å². The zero-order valence-corrected chi connectivity index (χ0v) is 15.7. The molecule has 0 unspecified atom stereocenters. The van der Waals surface area contributed by atoms with E-state index in [0.717, 1.165) is 18.4 Å². The maximum absolute atomic E-state index is 13.6. The average molecular weight is 437 g/mol. The molecule has 5 nitrogen and oxygen atoms in total. The van der Waals surface area contributed by atoms with Gasteiger partial charge in [0, 0.05) is 32.3 Å². The van der Waals surface area contributed by atoms with Gasteiger partial charge in [0.25, 0.3) is 0 Å². The summed E-state index contributed by atoms with van der Waals surface area (Å²) in [5.74, 6) is 0.165. The monoisotopic (exact) mass is 437 g/mol. The van der Waals surface area contributed by atoms with E-state index in [1.165, 1.54) is 6.07 Å². The fourth-order valence-corrected chi connectivity index (χ4v) is 2.69. The van der Waals surface area contributed by atoms with Crippen LogP contribution in [0.2, 0.25) is 0 Å². The van der Waals surface area contributed by atoms with Gasteiger partial charge in [-0.15, -0.1) is 24.0 Å². The van der Waals surface area contributed by atoms with Crippen LogP contribution in [0.15, 0.2) is 29.3 Å². The summed E-state index contributed by atoms with van der Waals surface area (Å²) in [7, 11) is 1.63. The number of benzene rings is 1. The minimum absolute atomic E-state index is 0. The van der Waals surface area contributed by atoms with Gasteiger partial charge in [-0.05, 0) is 30.5 Å². The highest BCUT2D eigenvalue weighted by molar-refractivity contribution is 14.0. The molecule has 0 saturated carbocycles. The van der Waals surface area contributed by atoms with Gasteiger partial charge in [0.05, 0.1) is 13.2 Å². The molecule has 0 amide bonds. The lowest BCUT2D eigenvalue weighted by Gasteiger charge is -2.36. The number of hydrogen-bond donors (Lipinski definition) is 2. The van der Waals surface area contributed by atoms with Crippen LogP contribution in [-0.2, 0) is 14.9 Å². The number of aliphatic imine (C=N–C) groups is 1. The highest BCUT2D eigenvalue weighted by Crippen LogP contribution is 2.35. The van der Waals surface area contributed by atoms with Crippen LogP contribution >= 0.6 is 24.0 Å². The van der Waals surface area contributed by atoms with Crippen molar-refractivity contribution in [2.45, 2.75) is 18.3 Å².